The standard InChI is InChI=1S/C19H24N4O2/c1-5-23(6-2)16-12-10-15(11-13-16)20-21-18(19(24)25-4)17-9-7-8-14-22(17)3/h7-14H,5-6H2,1-4H3. The number of hydrogen-bond donors (Lipinski definition) is 0. The molecule has 0 amide bonds. The number of methoxy groups -OCH3 is 1. The van der Waals surface area contributed by atoms with Gasteiger partial charge in [-0.2, -0.15) is 5.11 Å². The summed E-state index contributed by atoms with van der Waals surface area (Å²) in [5.74, 6) is -0.523. The second kappa shape index (κ2) is 8.82. The van der Waals surface area contributed by atoms with Crippen LogP contribution in [0.2, 0.25) is 0 Å². The quantitative estimate of drug-likeness (QED) is 0.446. The van der Waals surface area contributed by atoms with Gasteiger partial charge in [-0.25, -0.2) is 4.79 Å². The van der Waals surface area contributed by atoms with Crippen LogP contribution < -0.4 is 4.90 Å². The van der Waals surface area contributed by atoms with Crippen molar-refractivity contribution in [3.63, 3.8) is 0 Å². The van der Waals surface area contributed by atoms with Crippen molar-refractivity contribution in [2.45, 2.75) is 13.8 Å². The Morgan fingerprint density at radius 1 is 1.16 bits per heavy atom. The first-order valence-corrected chi connectivity index (χ1v) is 8.27. The minimum absolute atomic E-state index is 0.165. The highest BCUT2D eigenvalue weighted by Crippen LogP contribution is 2.23. The molecule has 0 bridgehead atoms. The molecule has 0 spiro atoms. The van der Waals surface area contributed by atoms with Crippen molar-refractivity contribution >= 4 is 17.3 Å². The van der Waals surface area contributed by atoms with Crippen LogP contribution in [0.4, 0.5) is 11.4 Å². The number of esters is 1. The molecule has 0 fully saturated rings. The van der Waals surface area contributed by atoms with Crippen molar-refractivity contribution in [1.82, 2.24) is 4.90 Å². The van der Waals surface area contributed by atoms with Gasteiger partial charge in [0.2, 0.25) is 0 Å². The topological polar surface area (TPSA) is 57.5 Å². The van der Waals surface area contributed by atoms with Crippen LogP contribution in [0.3, 0.4) is 0 Å². The first-order valence-electron chi connectivity index (χ1n) is 8.27. The van der Waals surface area contributed by atoms with E-state index in [0.717, 1.165) is 18.8 Å². The van der Waals surface area contributed by atoms with E-state index in [1.165, 1.54) is 7.11 Å². The van der Waals surface area contributed by atoms with Crippen LogP contribution in [-0.2, 0) is 9.53 Å². The number of rotatable bonds is 6. The van der Waals surface area contributed by atoms with E-state index in [2.05, 4.69) is 29.0 Å². The molecular formula is C19H24N4O2. The first-order chi connectivity index (χ1) is 12.1. The molecule has 1 aliphatic rings. The summed E-state index contributed by atoms with van der Waals surface area (Å²) < 4.78 is 4.84. The molecule has 1 heterocycles. The Bertz CT molecular complexity index is 713. The van der Waals surface area contributed by atoms with Gasteiger partial charge < -0.3 is 14.5 Å². The number of azo groups is 1. The molecule has 1 aliphatic heterocycles. The summed E-state index contributed by atoms with van der Waals surface area (Å²) in [6.07, 6.45) is 7.36. The summed E-state index contributed by atoms with van der Waals surface area (Å²) >= 11 is 0. The van der Waals surface area contributed by atoms with Crippen LogP contribution in [0.5, 0.6) is 0 Å². The number of nitrogens with zero attached hydrogens (tertiary/aromatic N) is 4. The van der Waals surface area contributed by atoms with E-state index >= 15 is 0 Å². The van der Waals surface area contributed by atoms with Crippen LogP contribution in [0.25, 0.3) is 0 Å². The van der Waals surface area contributed by atoms with Crippen LogP contribution in [-0.4, -0.2) is 38.1 Å². The van der Waals surface area contributed by atoms with Gasteiger partial charge in [0.05, 0.1) is 18.5 Å². The highest BCUT2D eigenvalue weighted by atomic mass is 16.5. The molecular weight excluding hydrogens is 316 g/mol. The maximum atomic E-state index is 12.1. The van der Waals surface area contributed by atoms with Crippen molar-refractivity contribution in [3.05, 3.63) is 60.1 Å². The SMILES string of the molecule is CCN(CC)c1ccc(N=NC(C(=O)OC)=C2C=CC=CN2C)cc1. The van der Waals surface area contributed by atoms with Crippen molar-refractivity contribution in [2.75, 3.05) is 32.1 Å². The van der Waals surface area contributed by atoms with Gasteiger partial charge in [-0.05, 0) is 50.3 Å². The van der Waals surface area contributed by atoms with Gasteiger partial charge in [0.15, 0.2) is 5.70 Å². The second-order valence-electron chi connectivity index (χ2n) is 5.43. The monoisotopic (exact) mass is 340 g/mol. The molecule has 0 saturated heterocycles. The molecule has 0 aliphatic carbocycles. The lowest BCUT2D eigenvalue weighted by molar-refractivity contribution is -0.136. The highest BCUT2D eigenvalue weighted by molar-refractivity contribution is 5.89. The lowest BCUT2D eigenvalue weighted by atomic mass is 10.2. The van der Waals surface area contributed by atoms with E-state index in [1.54, 1.807) is 11.0 Å². The highest BCUT2D eigenvalue weighted by Gasteiger charge is 2.18. The van der Waals surface area contributed by atoms with Crippen molar-refractivity contribution in [2.24, 2.45) is 10.2 Å². The Balaban J connectivity index is 2.27. The molecule has 1 aromatic carbocycles. The van der Waals surface area contributed by atoms with Gasteiger partial charge in [-0.1, -0.05) is 6.08 Å². The molecule has 1 aromatic rings. The lowest BCUT2D eigenvalue weighted by Gasteiger charge is -2.20. The third-order valence-corrected chi connectivity index (χ3v) is 3.92. The normalized spacial score (nSPS) is 15.6. The molecule has 132 valence electrons. The zero-order chi connectivity index (χ0) is 18.2. The second-order valence-corrected chi connectivity index (χ2v) is 5.43. The Morgan fingerprint density at radius 2 is 1.84 bits per heavy atom. The van der Waals surface area contributed by atoms with Gasteiger partial charge in [0.25, 0.3) is 0 Å². The Labute approximate surface area is 148 Å². The number of allylic oxidation sites excluding steroid dienone is 3. The Morgan fingerprint density at radius 3 is 2.40 bits per heavy atom. The number of ether oxygens (including phenoxy) is 1. The van der Waals surface area contributed by atoms with Crippen LogP contribution in [0.15, 0.2) is 70.3 Å². The molecule has 2 rings (SSSR count). The fraction of sp³-hybridized carbons (Fsp3) is 0.316. The predicted molar refractivity (Wildman–Crippen MR) is 99.6 cm³/mol. The van der Waals surface area contributed by atoms with E-state index in [4.69, 9.17) is 4.74 Å². The van der Waals surface area contributed by atoms with E-state index in [0.29, 0.717) is 11.4 Å². The predicted octanol–water partition coefficient (Wildman–Crippen LogP) is 4.02. The number of anilines is 1. The van der Waals surface area contributed by atoms with Gasteiger partial charge in [-0.15, -0.1) is 5.11 Å². The number of likely N-dealkylation sites (N-methyl/N-ethyl adjacent to an activating group) is 1. The van der Waals surface area contributed by atoms with Gasteiger partial charge in [-0.3, -0.25) is 0 Å². The number of hydrogen-bond acceptors (Lipinski definition) is 6. The molecule has 0 unspecified atom stereocenters. The lowest BCUT2D eigenvalue weighted by Crippen LogP contribution is -2.21. The van der Waals surface area contributed by atoms with Crippen LogP contribution in [0.1, 0.15) is 13.8 Å². The van der Waals surface area contributed by atoms with Gasteiger partial charge in [0, 0.05) is 32.0 Å². The maximum absolute atomic E-state index is 12.1. The number of carbonyl (C=O) groups excluding carboxylic acids is 1. The van der Waals surface area contributed by atoms with E-state index in [9.17, 15) is 4.79 Å². The molecule has 0 N–H and O–H groups in total. The smallest absolute Gasteiger partial charge is 0.360 e. The van der Waals surface area contributed by atoms with Gasteiger partial charge >= 0.3 is 5.97 Å². The Hall–Kier alpha value is -2.89. The maximum Gasteiger partial charge on any atom is 0.360 e. The zero-order valence-electron chi connectivity index (χ0n) is 15.1. The van der Waals surface area contributed by atoms with E-state index in [1.807, 2.05) is 49.7 Å². The van der Waals surface area contributed by atoms with Crippen molar-refractivity contribution < 1.29 is 9.53 Å². The molecule has 0 radical (unpaired) electrons. The summed E-state index contributed by atoms with van der Waals surface area (Å²) in [6, 6.07) is 7.78. The Kier molecular flexibility index (Phi) is 6.51. The first kappa shape index (κ1) is 18.4. The van der Waals surface area contributed by atoms with E-state index in [-0.39, 0.29) is 5.70 Å². The van der Waals surface area contributed by atoms with E-state index < -0.39 is 5.97 Å². The van der Waals surface area contributed by atoms with Crippen molar-refractivity contribution in [3.8, 4) is 0 Å². The molecule has 0 aromatic heterocycles. The molecule has 25 heavy (non-hydrogen) atoms. The molecule has 0 atom stereocenters. The van der Waals surface area contributed by atoms with Crippen LogP contribution in [0, 0.1) is 0 Å². The average molecular weight is 340 g/mol. The summed E-state index contributed by atoms with van der Waals surface area (Å²) in [6.45, 7) is 6.13. The summed E-state index contributed by atoms with van der Waals surface area (Å²) in [5, 5.41) is 8.34. The average Bonchev–Trinajstić information content (AvgIpc) is 2.65. The fourth-order valence-electron chi connectivity index (χ4n) is 2.49. The summed E-state index contributed by atoms with van der Waals surface area (Å²) in [5.41, 5.74) is 2.61. The third kappa shape index (κ3) is 4.56. The summed E-state index contributed by atoms with van der Waals surface area (Å²) in [7, 11) is 3.17. The zero-order valence-corrected chi connectivity index (χ0v) is 15.1. The third-order valence-electron chi connectivity index (χ3n) is 3.92. The molecule has 6 heteroatoms. The minimum atomic E-state index is -0.523. The largest absolute Gasteiger partial charge is 0.464 e. The van der Waals surface area contributed by atoms with Gasteiger partial charge in [0.1, 0.15) is 0 Å². The number of carbonyl (C=O) groups is 1. The molecule has 0 saturated carbocycles. The summed E-state index contributed by atoms with van der Waals surface area (Å²) in [4.78, 5) is 16.1. The molecule has 6 nitrogen and oxygen atoms in total. The van der Waals surface area contributed by atoms with Crippen LogP contribution >= 0.6 is 0 Å². The minimum Gasteiger partial charge on any atom is -0.464 e. The van der Waals surface area contributed by atoms with Crippen molar-refractivity contribution in [1.29, 1.82) is 0 Å². The fourth-order valence-corrected chi connectivity index (χ4v) is 2.49. The number of benzene rings is 1.